The van der Waals surface area contributed by atoms with E-state index >= 15 is 0 Å². The summed E-state index contributed by atoms with van der Waals surface area (Å²) < 4.78 is 8.18. The first kappa shape index (κ1) is 13.8. The Morgan fingerprint density at radius 1 is 1.53 bits per heavy atom. The summed E-state index contributed by atoms with van der Waals surface area (Å²) in [5.41, 5.74) is 0.296. The summed E-state index contributed by atoms with van der Waals surface area (Å²) in [5, 5.41) is 7.99. The van der Waals surface area contributed by atoms with Gasteiger partial charge in [-0.1, -0.05) is 27.8 Å². The zero-order valence-electron chi connectivity index (χ0n) is 11.3. The quantitative estimate of drug-likeness (QED) is 0.583. The molecular formula is C13H21IN4O. The summed E-state index contributed by atoms with van der Waals surface area (Å²) in [6.45, 7) is 5.16. The first-order valence-electron chi connectivity index (χ1n) is 7.06. The van der Waals surface area contributed by atoms with Gasteiger partial charge in [-0.15, -0.1) is 5.10 Å². The molecule has 5 nitrogen and oxygen atoms in total. The van der Waals surface area contributed by atoms with Crippen LogP contribution in [0.15, 0.2) is 12.4 Å². The third kappa shape index (κ3) is 2.80. The molecule has 2 aliphatic heterocycles. The minimum Gasteiger partial charge on any atom is -0.366 e. The van der Waals surface area contributed by atoms with E-state index in [2.05, 4.69) is 44.7 Å². The first-order valence-corrected chi connectivity index (χ1v) is 8.31. The van der Waals surface area contributed by atoms with Crippen LogP contribution in [0.3, 0.4) is 0 Å². The van der Waals surface area contributed by atoms with Crippen molar-refractivity contribution in [1.82, 2.24) is 19.9 Å². The molecule has 2 saturated heterocycles. The number of alkyl halides is 1. The Morgan fingerprint density at radius 3 is 3.16 bits per heavy atom. The van der Waals surface area contributed by atoms with Crippen LogP contribution < -0.4 is 0 Å². The molecule has 0 amide bonds. The van der Waals surface area contributed by atoms with E-state index < -0.39 is 0 Å². The van der Waals surface area contributed by atoms with Gasteiger partial charge in [0.05, 0.1) is 19.3 Å². The molecule has 1 aromatic rings. The molecule has 0 aliphatic carbocycles. The number of rotatable bonds is 5. The van der Waals surface area contributed by atoms with Crippen molar-refractivity contribution in [3.63, 3.8) is 0 Å². The molecule has 0 aromatic carbocycles. The average Bonchev–Trinajstić information content (AvgIpc) is 3.06. The van der Waals surface area contributed by atoms with Crippen molar-refractivity contribution in [2.45, 2.75) is 54.8 Å². The molecule has 3 atom stereocenters. The lowest BCUT2D eigenvalue weighted by Gasteiger charge is -2.35. The molecule has 106 valence electrons. The summed E-state index contributed by atoms with van der Waals surface area (Å²) in [6.07, 6.45) is 8.80. The summed E-state index contributed by atoms with van der Waals surface area (Å²) in [4.78, 5) is 2.67. The molecule has 0 bridgehead atoms. The van der Waals surface area contributed by atoms with Gasteiger partial charge >= 0.3 is 0 Å². The second-order valence-corrected chi connectivity index (χ2v) is 7.45. The van der Waals surface area contributed by atoms with Crippen molar-refractivity contribution in [3.8, 4) is 0 Å². The zero-order chi connectivity index (χ0) is 13.3. The minimum atomic E-state index is 0.295. The Balaban J connectivity index is 1.67. The molecule has 6 heteroatoms. The minimum absolute atomic E-state index is 0.295. The number of nitrogens with zero attached hydrogens (tertiary/aromatic N) is 4. The maximum atomic E-state index is 5.92. The highest BCUT2D eigenvalue weighted by molar-refractivity contribution is 14.1. The van der Waals surface area contributed by atoms with Gasteiger partial charge in [-0.25, -0.2) is 0 Å². The van der Waals surface area contributed by atoms with Gasteiger partial charge in [0, 0.05) is 17.8 Å². The molecule has 2 fully saturated rings. The average molecular weight is 376 g/mol. The van der Waals surface area contributed by atoms with Gasteiger partial charge < -0.3 is 4.74 Å². The number of aromatic nitrogens is 3. The maximum Gasteiger partial charge on any atom is 0.106 e. The third-order valence-corrected chi connectivity index (χ3v) is 4.85. The number of ether oxygens (including phenoxy) is 1. The van der Waals surface area contributed by atoms with Crippen molar-refractivity contribution in [2.24, 2.45) is 0 Å². The Bertz CT molecular complexity index is 411. The summed E-state index contributed by atoms with van der Waals surface area (Å²) in [6, 6.07) is 0.595. The lowest BCUT2D eigenvalue weighted by molar-refractivity contribution is 0.0206. The van der Waals surface area contributed by atoms with Crippen LogP contribution in [-0.2, 0) is 11.3 Å². The Kier molecular flexibility index (Phi) is 4.09. The molecule has 0 radical (unpaired) electrons. The molecule has 0 spiro atoms. The highest BCUT2D eigenvalue weighted by Gasteiger charge is 2.49. The smallest absolute Gasteiger partial charge is 0.106 e. The van der Waals surface area contributed by atoms with Gasteiger partial charge in [0.15, 0.2) is 0 Å². The lowest BCUT2D eigenvalue weighted by Crippen LogP contribution is -2.47. The summed E-state index contributed by atoms with van der Waals surface area (Å²) in [7, 11) is 0. The molecule has 0 N–H and O–H groups in total. The van der Waals surface area contributed by atoms with E-state index in [4.69, 9.17) is 4.74 Å². The molecule has 2 aliphatic rings. The lowest BCUT2D eigenvalue weighted by atomic mass is 9.95. The van der Waals surface area contributed by atoms with E-state index in [9.17, 15) is 0 Å². The van der Waals surface area contributed by atoms with Crippen LogP contribution in [-0.4, -0.2) is 48.7 Å². The fourth-order valence-electron chi connectivity index (χ4n) is 3.62. The van der Waals surface area contributed by atoms with Gasteiger partial charge in [0.1, 0.15) is 4.11 Å². The van der Waals surface area contributed by atoms with Crippen LogP contribution in [0.1, 0.15) is 32.6 Å². The first-order chi connectivity index (χ1) is 9.20. The van der Waals surface area contributed by atoms with Crippen molar-refractivity contribution in [3.05, 3.63) is 12.4 Å². The Morgan fingerprint density at radius 2 is 2.42 bits per heavy atom. The highest BCUT2D eigenvalue weighted by atomic mass is 127. The van der Waals surface area contributed by atoms with E-state index in [1.54, 1.807) is 6.20 Å². The topological polar surface area (TPSA) is 43.2 Å². The fourth-order valence-corrected chi connectivity index (χ4v) is 3.80. The van der Waals surface area contributed by atoms with E-state index in [0.29, 0.717) is 15.7 Å². The van der Waals surface area contributed by atoms with E-state index in [1.165, 1.54) is 32.2 Å². The standard InChI is InChI=1S/C13H21IN4O/c1-11(14)19-10-13-4-2-7-18(13)12(3-5-13)9-17-8-6-15-16-17/h6,8,11-12H,2-5,7,9-10H2,1H3. The van der Waals surface area contributed by atoms with Gasteiger partial charge in [0.25, 0.3) is 0 Å². The Hall–Kier alpha value is -0.210. The molecule has 1 aromatic heterocycles. The molecule has 3 unspecified atom stereocenters. The van der Waals surface area contributed by atoms with Crippen LogP contribution in [0.2, 0.25) is 0 Å². The fraction of sp³-hybridized carbons (Fsp3) is 0.846. The van der Waals surface area contributed by atoms with E-state index in [0.717, 1.165) is 13.2 Å². The molecule has 3 heterocycles. The van der Waals surface area contributed by atoms with Gasteiger partial charge in [-0.3, -0.25) is 9.58 Å². The maximum absolute atomic E-state index is 5.92. The number of halogens is 1. The van der Waals surface area contributed by atoms with Crippen LogP contribution in [0.25, 0.3) is 0 Å². The van der Waals surface area contributed by atoms with E-state index in [1.807, 2.05) is 10.9 Å². The summed E-state index contributed by atoms with van der Waals surface area (Å²) in [5.74, 6) is 0. The SMILES string of the molecule is CC(I)OCC12CCCN1C(Cn1ccnn1)CC2. The third-order valence-electron chi connectivity index (χ3n) is 4.49. The predicted octanol–water partition coefficient (Wildman–Crippen LogP) is 2.07. The number of hydrogen-bond acceptors (Lipinski definition) is 4. The van der Waals surface area contributed by atoms with Crippen LogP contribution in [0.4, 0.5) is 0 Å². The molecule has 0 saturated carbocycles. The normalized spacial score (nSPS) is 32.6. The largest absolute Gasteiger partial charge is 0.366 e. The van der Waals surface area contributed by atoms with Crippen LogP contribution >= 0.6 is 22.6 Å². The summed E-state index contributed by atoms with van der Waals surface area (Å²) >= 11 is 2.34. The number of fused-ring (bicyclic) bond motifs is 1. The molecule has 19 heavy (non-hydrogen) atoms. The van der Waals surface area contributed by atoms with Crippen molar-refractivity contribution in [1.29, 1.82) is 0 Å². The van der Waals surface area contributed by atoms with Crippen molar-refractivity contribution in [2.75, 3.05) is 13.2 Å². The van der Waals surface area contributed by atoms with E-state index in [-0.39, 0.29) is 0 Å². The van der Waals surface area contributed by atoms with Gasteiger partial charge in [0.2, 0.25) is 0 Å². The van der Waals surface area contributed by atoms with Crippen LogP contribution in [0, 0.1) is 0 Å². The van der Waals surface area contributed by atoms with Crippen LogP contribution in [0.5, 0.6) is 0 Å². The Labute approximate surface area is 127 Å². The van der Waals surface area contributed by atoms with Gasteiger partial charge in [-0.05, 0) is 39.2 Å². The zero-order valence-corrected chi connectivity index (χ0v) is 13.5. The molecule has 3 rings (SSSR count). The second-order valence-electron chi connectivity index (χ2n) is 5.69. The monoisotopic (exact) mass is 376 g/mol. The van der Waals surface area contributed by atoms with Crippen molar-refractivity contribution < 1.29 is 4.74 Å². The van der Waals surface area contributed by atoms with Crippen molar-refractivity contribution >= 4 is 22.6 Å². The molecular weight excluding hydrogens is 355 g/mol. The van der Waals surface area contributed by atoms with Gasteiger partial charge in [-0.2, -0.15) is 0 Å². The highest BCUT2D eigenvalue weighted by Crippen LogP contribution is 2.43. The second kappa shape index (κ2) is 5.65. The number of hydrogen-bond donors (Lipinski definition) is 0. The predicted molar refractivity (Wildman–Crippen MR) is 81.1 cm³/mol.